The number of aromatic nitrogens is 1. The number of carbonyl (C=O) groups is 1. The highest BCUT2D eigenvalue weighted by Gasteiger charge is 2.23. The highest BCUT2D eigenvalue weighted by molar-refractivity contribution is 7.11. The third-order valence-corrected chi connectivity index (χ3v) is 6.92. The number of aryl methyl sites for hydroxylation is 3. The van der Waals surface area contributed by atoms with Gasteiger partial charge >= 0.3 is 0 Å². The number of rotatable bonds is 6. The monoisotopic (exact) mass is 399 g/mol. The summed E-state index contributed by atoms with van der Waals surface area (Å²) in [5.74, 6) is 1.53. The van der Waals surface area contributed by atoms with Crippen molar-refractivity contribution in [1.29, 1.82) is 0 Å². The minimum Gasteiger partial charge on any atom is -0.496 e. The largest absolute Gasteiger partial charge is 0.496 e. The zero-order valence-corrected chi connectivity index (χ0v) is 17.6. The van der Waals surface area contributed by atoms with E-state index in [0.29, 0.717) is 5.92 Å². The van der Waals surface area contributed by atoms with Crippen LogP contribution in [0.2, 0.25) is 0 Å². The predicted molar refractivity (Wildman–Crippen MR) is 112 cm³/mol. The molecule has 1 amide bonds. The standard InChI is InChI=1S/C22H29N3O2S/c1-15-21(28-14-24-15)22(26)23-11-16-5-4-8-25(12-16)13-19-9-17-6-3-7-18(17)10-20(19)27-2/h9-10,14,16H,3-8,11-13H2,1-2H3,(H,23,26). The lowest BCUT2D eigenvalue weighted by Gasteiger charge is -2.33. The van der Waals surface area contributed by atoms with E-state index in [-0.39, 0.29) is 5.91 Å². The molecule has 1 aromatic carbocycles. The van der Waals surface area contributed by atoms with Crippen molar-refractivity contribution in [3.8, 4) is 5.75 Å². The molecule has 1 aromatic heterocycles. The Bertz CT molecular complexity index is 848. The first-order chi connectivity index (χ1) is 13.6. The van der Waals surface area contributed by atoms with E-state index in [1.165, 1.54) is 60.1 Å². The Morgan fingerprint density at radius 1 is 1.32 bits per heavy atom. The summed E-state index contributed by atoms with van der Waals surface area (Å²) >= 11 is 1.41. The van der Waals surface area contributed by atoms with Crippen molar-refractivity contribution < 1.29 is 9.53 Å². The van der Waals surface area contributed by atoms with Gasteiger partial charge in [-0.3, -0.25) is 9.69 Å². The molecular formula is C22H29N3O2S. The number of carbonyl (C=O) groups excluding carboxylic acids is 1. The molecule has 0 radical (unpaired) electrons. The van der Waals surface area contributed by atoms with Gasteiger partial charge in [0.25, 0.3) is 5.91 Å². The van der Waals surface area contributed by atoms with E-state index in [1.807, 2.05) is 6.92 Å². The molecule has 1 saturated heterocycles. The SMILES string of the molecule is COc1cc2c(cc1CN1CCCC(CNC(=O)c3scnc3C)C1)CCC2. The number of benzene rings is 1. The van der Waals surface area contributed by atoms with Crippen LogP contribution in [0.4, 0.5) is 0 Å². The van der Waals surface area contributed by atoms with Crippen LogP contribution in [0.5, 0.6) is 5.75 Å². The summed E-state index contributed by atoms with van der Waals surface area (Å²) in [6.45, 7) is 5.67. The summed E-state index contributed by atoms with van der Waals surface area (Å²) in [5.41, 5.74) is 6.80. The number of hydrogen-bond acceptors (Lipinski definition) is 5. The van der Waals surface area contributed by atoms with Crippen LogP contribution in [-0.4, -0.2) is 42.5 Å². The van der Waals surface area contributed by atoms with E-state index >= 15 is 0 Å². The lowest BCUT2D eigenvalue weighted by molar-refractivity contribution is 0.0933. The van der Waals surface area contributed by atoms with Crippen molar-refractivity contribution in [3.63, 3.8) is 0 Å². The smallest absolute Gasteiger partial charge is 0.263 e. The van der Waals surface area contributed by atoms with Gasteiger partial charge in [0, 0.05) is 25.2 Å². The Morgan fingerprint density at radius 2 is 2.14 bits per heavy atom. The molecule has 0 spiro atoms. The van der Waals surface area contributed by atoms with Crippen LogP contribution in [0, 0.1) is 12.8 Å². The van der Waals surface area contributed by atoms with Crippen LogP contribution in [0.3, 0.4) is 0 Å². The van der Waals surface area contributed by atoms with Crippen molar-refractivity contribution in [3.05, 3.63) is 44.9 Å². The molecule has 1 aliphatic heterocycles. The van der Waals surface area contributed by atoms with Crippen LogP contribution in [0.15, 0.2) is 17.6 Å². The van der Waals surface area contributed by atoms with E-state index in [4.69, 9.17) is 4.74 Å². The van der Waals surface area contributed by atoms with Crippen molar-refractivity contribution in [2.24, 2.45) is 5.92 Å². The lowest BCUT2D eigenvalue weighted by Crippen LogP contribution is -2.40. The fraction of sp³-hybridized carbons (Fsp3) is 0.545. The normalized spacial score (nSPS) is 19.4. The average molecular weight is 400 g/mol. The highest BCUT2D eigenvalue weighted by Crippen LogP contribution is 2.31. The maximum atomic E-state index is 12.4. The third kappa shape index (κ3) is 4.23. The van der Waals surface area contributed by atoms with Gasteiger partial charge in [0.1, 0.15) is 10.6 Å². The summed E-state index contributed by atoms with van der Waals surface area (Å²) < 4.78 is 5.68. The molecular weight excluding hydrogens is 370 g/mol. The predicted octanol–water partition coefficient (Wildman–Crippen LogP) is 3.59. The molecule has 1 N–H and O–H groups in total. The topological polar surface area (TPSA) is 54.5 Å². The second-order valence-corrected chi connectivity index (χ2v) is 8.86. The Kier molecular flexibility index (Phi) is 5.97. The molecule has 2 aliphatic rings. The van der Waals surface area contributed by atoms with Crippen LogP contribution in [0.1, 0.15) is 51.3 Å². The molecule has 2 aromatic rings. The zero-order chi connectivity index (χ0) is 19.5. The molecule has 28 heavy (non-hydrogen) atoms. The highest BCUT2D eigenvalue weighted by atomic mass is 32.1. The summed E-state index contributed by atoms with van der Waals surface area (Å²) in [6, 6.07) is 4.61. The van der Waals surface area contributed by atoms with Crippen molar-refractivity contribution in [1.82, 2.24) is 15.2 Å². The van der Waals surface area contributed by atoms with Gasteiger partial charge in [0.2, 0.25) is 0 Å². The van der Waals surface area contributed by atoms with Crippen LogP contribution in [0.25, 0.3) is 0 Å². The minimum atomic E-state index is 0.0115. The molecule has 1 aliphatic carbocycles. The summed E-state index contributed by atoms with van der Waals surface area (Å²) in [5, 5.41) is 3.12. The number of nitrogens with zero attached hydrogens (tertiary/aromatic N) is 2. The number of amides is 1. The molecule has 1 unspecified atom stereocenters. The number of fused-ring (bicyclic) bond motifs is 1. The Morgan fingerprint density at radius 3 is 2.89 bits per heavy atom. The molecule has 2 heterocycles. The first-order valence-corrected chi connectivity index (χ1v) is 11.1. The number of nitrogens with one attached hydrogen (secondary N) is 1. The Hall–Kier alpha value is -1.92. The van der Waals surface area contributed by atoms with Gasteiger partial charge in [-0.1, -0.05) is 6.07 Å². The van der Waals surface area contributed by atoms with Crippen LogP contribution < -0.4 is 10.1 Å². The lowest BCUT2D eigenvalue weighted by atomic mass is 9.97. The quantitative estimate of drug-likeness (QED) is 0.807. The molecule has 1 atom stereocenters. The van der Waals surface area contributed by atoms with E-state index in [1.54, 1.807) is 12.6 Å². The molecule has 0 saturated carbocycles. The molecule has 0 bridgehead atoms. The second kappa shape index (κ2) is 8.62. The maximum absolute atomic E-state index is 12.4. The molecule has 5 nitrogen and oxygen atoms in total. The van der Waals surface area contributed by atoms with Gasteiger partial charge in [0.15, 0.2) is 0 Å². The van der Waals surface area contributed by atoms with Gasteiger partial charge in [-0.05, 0) is 68.7 Å². The minimum absolute atomic E-state index is 0.0115. The molecule has 4 rings (SSSR count). The Labute approximate surface area is 171 Å². The van der Waals surface area contributed by atoms with Crippen molar-refractivity contribution in [2.45, 2.75) is 45.6 Å². The van der Waals surface area contributed by atoms with Crippen molar-refractivity contribution >= 4 is 17.2 Å². The second-order valence-electron chi connectivity index (χ2n) is 8.01. The summed E-state index contributed by atoms with van der Waals surface area (Å²) in [7, 11) is 1.77. The third-order valence-electron chi connectivity index (χ3n) is 5.99. The molecule has 6 heteroatoms. The van der Waals surface area contributed by atoms with Gasteiger partial charge in [-0.15, -0.1) is 11.3 Å². The van der Waals surface area contributed by atoms with Crippen LogP contribution >= 0.6 is 11.3 Å². The van der Waals surface area contributed by atoms with E-state index in [0.717, 1.165) is 42.5 Å². The first-order valence-electron chi connectivity index (χ1n) is 10.2. The maximum Gasteiger partial charge on any atom is 0.263 e. The number of ether oxygens (including phenoxy) is 1. The van der Waals surface area contributed by atoms with E-state index in [9.17, 15) is 4.79 Å². The number of piperidine rings is 1. The number of thiazole rings is 1. The fourth-order valence-electron chi connectivity index (χ4n) is 4.51. The van der Waals surface area contributed by atoms with Crippen molar-refractivity contribution in [2.75, 3.05) is 26.7 Å². The van der Waals surface area contributed by atoms with E-state index < -0.39 is 0 Å². The number of likely N-dealkylation sites (tertiary alicyclic amines) is 1. The Balaban J connectivity index is 1.35. The fourth-order valence-corrected chi connectivity index (χ4v) is 5.22. The zero-order valence-electron chi connectivity index (χ0n) is 16.8. The molecule has 150 valence electrons. The van der Waals surface area contributed by atoms with Gasteiger partial charge < -0.3 is 10.1 Å². The molecule has 1 fully saturated rings. The average Bonchev–Trinajstić information content (AvgIpc) is 3.34. The van der Waals surface area contributed by atoms with E-state index in [2.05, 4.69) is 27.3 Å². The van der Waals surface area contributed by atoms with Gasteiger partial charge in [0.05, 0.1) is 18.3 Å². The van der Waals surface area contributed by atoms with Gasteiger partial charge in [-0.25, -0.2) is 4.98 Å². The summed E-state index contributed by atoms with van der Waals surface area (Å²) in [6.07, 6.45) is 5.97. The number of methoxy groups -OCH3 is 1. The van der Waals surface area contributed by atoms with Crippen LogP contribution in [-0.2, 0) is 19.4 Å². The van der Waals surface area contributed by atoms with Gasteiger partial charge in [-0.2, -0.15) is 0 Å². The first kappa shape index (κ1) is 19.4. The number of hydrogen-bond donors (Lipinski definition) is 1. The summed E-state index contributed by atoms with van der Waals surface area (Å²) in [4.78, 5) is 19.8.